The highest BCUT2D eigenvalue weighted by Gasteiger charge is 2.32. The third-order valence-corrected chi connectivity index (χ3v) is 3.23. The van der Waals surface area contributed by atoms with Crippen LogP contribution < -0.4 is 5.32 Å². The maximum absolute atomic E-state index is 12.9. The van der Waals surface area contributed by atoms with Crippen LogP contribution in [0, 0.1) is 11.3 Å². The zero-order chi connectivity index (χ0) is 15.5. The monoisotopic (exact) mass is 310 g/mol. The van der Waals surface area contributed by atoms with Crippen LogP contribution in [0.5, 0.6) is 0 Å². The molecule has 2 aromatic carbocycles. The van der Waals surface area contributed by atoms with Crippen molar-refractivity contribution in [1.29, 1.82) is 5.26 Å². The van der Waals surface area contributed by atoms with E-state index < -0.39 is 11.7 Å². The Bertz CT molecular complexity index is 690. The van der Waals surface area contributed by atoms with Gasteiger partial charge in [-0.1, -0.05) is 35.9 Å². The van der Waals surface area contributed by atoms with Crippen molar-refractivity contribution in [3.63, 3.8) is 0 Å². The summed E-state index contributed by atoms with van der Waals surface area (Å²) in [7, 11) is 0. The Balaban J connectivity index is 2.26. The summed E-state index contributed by atoms with van der Waals surface area (Å²) in [5, 5.41) is 12.1. The summed E-state index contributed by atoms with van der Waals surface area (Å²) >= 11 is 5.87. The van der Waals surface area contributed by atoms with Crippen molar-refractivity contribution < 1.29 is 13.2 Å². The number of nitriles is 1. The summed E-state index contributed by atoms with van der Waals surface area (Å²) in [5.74, 6) is 0. The predicted octanol–water partition coefficient (Wildman–Crippen LogP) is 4.84. The second-order valence-corrected chi connectivity index (χ2v) is 4.69. The number of nitrogens with one attached hydrogen (secondary N) is 1. The highest BCUT2D eigenvalue weighted by molar-refractivity contribution is 6.32. The lowest BCUT2D eigenvalue weighted by atomic mass is 10.1. The molecule has 21 heavy (non-hydrogen) atoms. The fourth-order valence-corrected chi connectivity index (χ4v) is 2.14. The van der Waals surface area contributed by atoms with Crippen molar-refractivity contribution in [2.45, 2.75) is 12.7 Å². The van der Waals surface area contributed by atoms with Gasteiger partial charge in [0, 0.05) is 6.54 Å². The molecule has 0 fully saturated rings. The van der Waals surface area contributed by atoms with Crippen LogP contribution in [-0.2, 0) is 12.7 Å². The number of nitrogens with zero attached hydrogens (tertiary/aromatic N) is 1. The maximum atomic E-state index is 12.9. The Morgan fingerprint density at radius 2 is 1.81 bits per heavy atom. The standard InChI is InChI=1S/C15H10ClF3N2/c16-13-6-3-7-14(11(13)8-20)21-9-10-4-1-2-5-12(10)15(17,18)19/h1-7,21H,9H2. The molecule has 0 aromatic heterocycles. The minimum atomic E-state index is -4.41. The molecule has 0 aliphatic carbocycles. The Morgan fingerprint density at radius 3 is 2.48 bits per heavy atom. The molecule has 1 N–H and O–H groups in total. The summed E-state index contributed by atoms with van der Waals surface area (Å²) in [6.07, 6.45) is -4.41. The van der Waals surface area contributed by atoms with E-state index in [4.69, 9.17) is 16.9 Å². The van der Waals surface area contributed by atoms with Crippen LogP contribution in [0.2, 0.25) is 5.02 Å². The lowest BCUT2D eigenvalue weighted by molar-refractivity contribution is -0.138. The fraction of sp³-hybridized carbons (Fsp3) is 0.133. The van der Waals surface area contributed by atoms with Crippen LogP contribution in [0.1, 0.15) is 16.7 Å². The highest BCUT2D eigenvalue weighted by Crippen LogP contribution is 2.32. The summed E-state index contributed by atoms with van der Waals surface area (Å²) in [6.45, 7) is -0.0509. The first kappa shape index (κ1) is 15.2. The van der Waals surface area contributed by atoms with Gasteiger partial charge in [0.25, 0.3) is 0 Å². The third kappa shape index (κ3) is 3.47. The Labute approximate surface area is 124 Å². The summed E-state index contributed by atoms with van der Waals surface area (Å²) < 4.78 is 38.6. The van der Waals surface area contributed by atoms with E-state index in [0.29, 0.717) is 5.69 Å². The molecule has 0 unspecified atom stereocenters. The van der Waals surface area contributed by atoms with Crippen molar-refractivity contribution in [2.75, 3.05) is 5.32 Å². The van der Waals surface area contributed by atoms with Gasteiger partial charge >= 0.3 is 6.18 Å². The maximum Gasteiger partial charge on any atom is 0.416 e. The molecule has 0 bridgehead atoms. The molecule has 0 saturated heterocycles. The quantitative estimate of drug-likeness (QED) is 0.880. The number of hydrogen-bond donors (Lipinski definition) is 1. The van der Waals surface area contributed by atoms with Crippen molar-refractivity contribution in [3.05, 3.63) is 64.2 Å². The number of benzene rings is 2. The molecule has 0 atom stereocenters. The van der Waals surface area contributed by atoms with E-state index in [-0.39, 0.29) is 22.7 Å². The predicted molar refractivity (Wildman–Crippen MR) is 74.9 cm³/mol. The molecule has 0 aliphatic heterocycles. The topological polar surface area (TPSA) is 35.8 Å². The minimum absolute atomic E-state index is 0.0509. The molecule has 2 rings (SSSR count). The number of anilines is 1. The molecular formula is C15H10ClF3N2. The average molecular weight is 311 g/mol. The van der Waals surface area contributed by atoms with Crippen LogP contribution in [0.15, 0.2) is 42.5 Å². The molecule has 0 radical (unpaired) electrons. The van der Waals surface area contributed by atoms with Crippen molar-refractivity contribution in [3.8, 4) is 6.07 Å². The lowest BCUT2D eigenvalue weighted by Gasteiger charge is -2.14. The first-order chi connectivity index (χ1) is 9.93. The second kappa shape index (κ2) is 6.06. The molecule has 0 spiro atoms. The van der Waals surface area contributed by atoms with Gasteiger partial charge in [0.1, 0.15) is 6.07 Å². The van der Waals surface area contributed by atoms with E-state index in [1.54, 1.807) is 18.2 Å². The van der Waals surface area contributed by atoms with Gasteiger partial charge < -0.3 is 5.32 Å². The molecule has 2 aromatic rings. The number of alkyl halides is 3. The van der Waals surface area contributed by atoms with Crippen molar-refractivity contribution in [1.82, 2.24) is 0 Å². The number of hydrogen-bond acceptors (Lipinski definition) is 2. The average Bonchev–Trinajstić information content (AvgIpc) is 2.44. The Morgan fingerprint density at radius 1 is 1.10 bits per heavy atom. The van der Waals surface area contributed by atoms with E-state index in [9.17, 15) is 13.2 Å². The summed E-state index contributed by atoms with van der Waals surface area (Å²) in [6, 6.07) is 12.0. The van der Waals surface area contributed by atoms with E-state index >= 15 is 0 Å². The van der Waals surface area contributed by atoms with E-state index in [1.807, 2.05) is 6.07 Å². The zero-order valence-corrected chi connectivity index (χ0v) is 11.5. The van der Waals surface area contributed by atoms with Gasteiger partial charge in [-0.05, 0) is 23.8 Å². The first-order valence-electron chi connectivity index (χ1n) is 6.01. The van der Waals surface area contributed by atoms with Gasteiger partial charge in [0.15, 0.2) is 0 Å². The van der Waals surface area contributed by atoms with Crippen LogP contribution in [0.3, 0.4) is 0 Å². The van der Waals surface area contributed by atoms with Crippen LogP contribution in [-0.4, -0.2) is 0 Å². The third-order valence-electron chi connectivity index (χ3n) is 2.92. The number of halogens is 4. The second-order valence-electron chi connectivity index (χ2n) is 4.28. The largest absolute Gasteiger partial charge is 0.416 e. The summed E-state index contributed by atoms with van der Waals surface area (Å²) in [4.78, 5) is 0. The molecule has 0 saturated carbocycles. The smallest absolute Gasteiger partial charge is 0.380 e. The molecular weight excluding hydrogens is 301 g/mol. The van der Waals surface area contributed by atoms with E-state index in [2.05, 4.69) is 5.32 Å². The zero-order valence-electron chi connectivity index (χ0n) is 10.7. The number of rotatable bonds is 3. The van der Waals surface area contributed by atoms with Gasteiger partial charge in [0.05, 0.1) is 21.8 Å². The van der Waals surface area contributed by atoms with Gasteiger partial charge in [-0.2, -0.15) is 18.4 Å². The highest BCUT2D eigenvalue weighted by atomic mass is 35.5. The molecule has 108 valence electrons. The lowest BCUT2D eigenvalue weighted by Crippen LogP contribution is -2.12. The van der Waals surface area contributed by atoms with E-state index in [0.717, 1.165) is 6.07 Å². The molecule has 0 aliphatic rings. The fourth-order valence-electron chi connectivity index (χ4n) is 1.93. The molecule has 6 heteroatoms. The van der Waals surface area contributed by atoms with Gasteiger partial charge in [-0.15, -0.1) is 0 Å². The van der Waals surface area contributed by atoms with Crippen LogP contribution >= 0.6 is 11.6 Å². The minimum Gasteiger partial charge on any atom is -0.380 e. The molecule has 0 amide bonds. The normalized spacial score (nSPS) is 11.0. The van der Waals surface area contributed by atoms with E-state index in [1.165, 1.54) is 18.2 Å². The first-order valence-corrected chi connectivity index (χ1v) is 6.39. The Kier molecular flexibility index (Phi) is 4.39. The van der Waals surface area contributed by atoms with Crippen molar-refractivity contribution >= 4 is 17.3 Å². The van der Waals surface area contributed by atoms with Gasteiger partial charge in [-0.3, -0.25) is 0 Å². The van der Waals surface area contributed by atoms with Crippen LogP contribution in [0.4, 0.5) is 18.9 Å². The van der Waals surface area contributed by atoms with Crippen molar-refractivity contribution in [2.24, 2.45) is 0 Å². The van der Waals surface area contributed by atoms with Crippen LogP contribution in [0.25, 0.3) is 0 Å². The molecule has 0 heterocycles. The molecule has 2 nitrogen and oxygen atoms in total. The van der Waals surface area contributed by atoms with Gasteiger partial charge in [0.2, 0.25) is 0 Å². The SMILES string of the molecule is N#Cc1c(Cl)cccc1NCc1ccccc1C(F)(F)F. The summed E-state index contributed by atoms with van der Waals surface area (Å²) in [5.41, 5.74) is 0.0255. The Hall–Kier alpha value is -2.19. The van der Waals surface area contributed by atoms with Gasteiger partial charge in [-0.25, -0.2) is 0 Å².